The maximum Gasteiger partial charge on any atom is 0.245 e. The highest BCUT2D eigenvalue weighted by molar-refractivity contribution is 5.89. The maximum absolute atomic E-state index is 13.3. The largest absolute Gasteiger partial charge is 0.497 e. The van der Waals surface area contributed by atoms with Gasteiger partial charge in [0.05, 0.1) is 21.3 Å². The Morgan fingerprint density at radius 2 is 1.45 bits per heavy atom. The number of benzene rings is 2. The summed E-state index contributed by atoms with van der Waals surface area (Å²) in [5.41, 5.74) is 1.26. The average Bonchev–Trinajstić information content (AvgIpc) is 2.78. The number of methoxy groups -OCH3 is 3. The first-order valence-electron chi connectivity index (χ1n) is 10.0. The molecule has 0 saturated heterocycles. The van der Waals surface area contributed by atoms with Crippen LogP contribution in [0.3, 0.4) is 0 Å². The number of hydrogen-bond donors (Lipinski definition) is 2. The monoisotopic (exact) mass is 398 g/mol. The third-order valence-electron chi connectivity index (χ3n) is 5.48. The Morgan fingerprint density at radius 1 is 0.862 bits per heavy atom. The van der Waals surface area contributed by atoms with Crippen LogP contribution in [0, 0.1) is 0 Å². The van der Waals surface area contributed by atoms with Gasteiger partial charge in [-0.3, -0.25) is 4.79 Å². The molecule has 0 heterocycles. The van der Waals surface area contributed by atoms with Crippen LogP contribution in [0.2, 0.25) is 0 Å². The smallest absolute Gasteiger partial charge is 0.245 e. The molecule has 2 aromatic rings. The molecule has 1 amide bonds. The highest BCUT2D eigenvalue weighted by Crippen LogP contribution is 2.33. The highest BCUT2D eigenvalue weighted by atomic mass is 16.5. The molecule has 1 aliphatic rings. The van der Waals surface area contributed by atoms with E-state index in [1.807, 2.05) is 42.5 Å². The van der Waals surface area contributed by atoms with Crippen molar-refractivity contribution in [2.24, 2.45) is 0 Å². The van der Waals surface area contributed by atoms with E-state index in [4.69, 9.17) is 14.2 Å². The Balaban J connectivity index is 1.73. The fourth-order valence-corrected chi connectivity index (χ4v) is 3.83. The molecule has 0 unspecified atom stereocenters. The molecule has 29 heavy (non-hydrogen) atoms. The third-order valence-corrected chi connectivity index (χ3v) is 5.48. The van der Waals surface area contributed by atoms with E-state index in [0.29, 0.717) is 18.0 Å². The molecule has 0 atom stereocenters. The predicted molar refractivity (Wildman–Crippen MR) is 114 cm³/mol. The summed E-state index contributed by atoms with van der Waals surface area (Å²) < 4.78 is 15.9. The molecule has 2 aromatic carbocycles. The van der Waals surface area contributed by atoms with Crippen molar-refractivity contribution in [2.45, 2.75) is 44.2 Å². The van der Waals surface area contributed by atoms with E-state index >= 15 is 0 Å². The van der Waals surface area contributed by atoms with E-state index in [1.165, 1.54) is 0 Å². The number of amides is 1. The minimum atomic E-state index is -0.601. The first-order valence-corrected chi connectivity index (χ1v) is 10.0. The van der Waals surface area contributed by atoms with Gasteiger partial charge in [-0.2, -0.15) is 0 Å². The van der Waals surface area contributed by atoms with E-state index in [9.17, 15) is 4.79 Å². The standard InChI is InChI=1S/C23H30N2O4/c1-27-19-9-7-18(8-10-19)25-23(11-5-4-6-12-23)22(26)24-16-17-13-20(28-2)15-21(14-17)29-3/h7-10,13-15,25H,4-6,11-12,16H2,1-3H3,(H,24,26). The number of anilines is 1. The first kappa shape index (κ1) is 20.8. The number of ether oxygens (including phenoxy) is 3. The fourth-order valence-electron chi connectivity index (χ4n) is 3.83. The molecule has 0 aliphatic heterocycles. The van der Waals surface area contributed by atoms with Gasteiger partial charge in [-0.25, -0.2) is 0 Å². The van der Waals surface area contributed by atoms with Crippen LogP contribution in [0.4, 0.5) is 5.69 Å². The van der Waals surface area contributed by atoms with Gasteiger partial charge in [0.2, 0.25) is 5.91 Å². The molecule has 2 N–H and O–H groups in total. The zero-order chi connectivity index (χ0) is 20.7. The van der Waals surface area contributed by atoms with E-state index in [1.54, 1.807) is 21.3 Å². The summed E-state index contributed by atoms with van der Waals surface area (Å²) in [5.74, 6) is 2.23. The van der Waals surface area contributed by atoms with Crippen molar-refractivity contribution in [1.82, 2.24) is 5.32 Å². The van der Waals surface area contributed by atoms with Gasteiger partial charge in [0.15, 0.2) is 0 Å². The molecular formula is C23H30N2O4. The molecule has 1 saturated carbocycles. The lowest BCUT2D eigenvalue weighted by Gasteiger charge is -2.37. The Hall–Kier alpha value is -2.89. The maximum atomic E-state index is 13.3. The lowest BCUT2D eigenvalue weighted by atomic mass is 9.80. The Bertz CT molecular complexity index is 792. The average molecular weight is 399 g/mol. The number of rotatable bonds is 8. The Kier molecular flexibility index (Phi) is 6.86. The van der Waals surface area contributed by atoms with Gasteiger partial charge in [-0.05, 0) is 54.8 Å². The summed E-state index contributed by atoms with van der Waals surface area (Å²) >= 11 is 0. The van der Waals surface area contributed by atoms with E-state index in [0.717, 1.165) is 49.1 Å². The summed E-state index contributed by atoms with van der Waals surface area (Å²) in [6.45, 7) is 0.415. The topological polar surface area (TPSA) is 68.8 Å². The molecule has 6 nitrogen and oxygen atoms in total. The molecule has 0 spiro atoms. The second-order valence-electron chi connectivity index (χ2n) is 7.40. The minimum Gasteiger partial charge on any atom is -0.497 e. The number of nitrogens with one attached hydrogen (secondary N) is 2. The molecule has 1 aliphatic carbocycles. The van der Waals surface area contributed by atoms with Crippen LogP contribution in [0.25, 0.3) is 0 Å². The second kappa shape index (κ2) is 9.54. The molecule has 0 radical (unpaired) electrons. The predicted octanol–water partition coefficient (Wildman–Crippen LogP) is 4.14. The van der Waals surface area contributed by atoms with Crippen molar-refractivity contribution in [3.8, 4) is 17.2 Å². The summed E-state index contributed by atoms with van der Waals surface area (Å²) in [4.78, 5) is 13.3. The van der Waals surface area contributed by atoms with Crippen LogP contribution in [-0.2, 0) is 11.3 Å². The quantitative estimate of drug-likeness (QED) is 0.699. The van der Waals surface area contributed by atoms with E-state index in [2.05, 4.69) is 10.6 Å². The van der Waals surface area contributed by atoms with Crippen molar-refractivity contribution in [1.29, 1.82) is 0 Å². The Labute approximate surface area is 172 Å². The van der Waals surface area contributed by atoms with Gasteiger partial charge in [-0.15, -0.1) is 0 Å². The van der Waals surface area contributed by atoms with Gasteiger partial charge < -0.3 is 24.8 Å². The zero-order valence-corrected chi connectivity index (χ0v) is 17.4. The van der Waals surface area contributed by atoms with Gasteiger partial charge in [0.1, 0.15) is 22.8 Å². The van der Waals surface area contributed by atoms with Crippen LogP contribution in [0.5, 0.6) is 17.2 Å². The molecule has 0 aromatic heterocycles. The van der Waals surface area contributed by atoms with Gasteiger partial charge in [0, 0.05) is 18.3 Å². The second-order valence-corrected chi connectivity index (χ2v) is 7.40. The normalized spacial score (nSPS) is 15.3. The van der Waals surface area contributed by atoms with Crippen LogP contribution in [0.1, 0.15) is 37.7 Å². The van der Waals surface area contributed by atoms with Gasteiger partial charge in [-0.1, -0.05) is 19.3 Å². The third kappa shape index (κ3) is 5.13. The zero-order valence-electron chi connectivity index (χ0n) is 17.4. The van der Waals surface area contributed by atoms with Gasteiger partial charge >= 0.3 is 0 Å². The van der Waals surface area contributed by atoms with Crippen molar-refractivity contribution >= 4 is 11.6 Å². The fraction of sp³-hybridized carbons (Fsp3) is 0.435. The molecule has 156 valence electrons. The van der Waals surface area contributed by atoms with Crippen LogP contribution >= 0.6 is 0 Å². The molecule has 0 bridgehead atoms. The van der Waals surface area contributed by atoms with Crippen LogP contribution < -0.4 is 24.8 Å². The van der Waals surface area contributed by atoms with Crippen molar-refractivity contribution in [3.63, 3.8) is 0 Å². The summed E-state index contributed by atoms with van der Waals surface area (Å²) in [5, 5.41) is 6.63. The van der Waals surface area contributed by atoms with Crippen LogP contribution in [0.15, 0.2) is 42.5 Å². The van der Waals surface area contributed by atoms with Crippen molar-refractivity contribution < 1.29 is 19.0 Å². The number of carbonyl (C=O) groups excluding carboxylic acids is 1. The number of hydrogen-bond acceptors (Lipinski definition) is 5. The molecule has 3 rings (SSSR count). The van der Waals surface area contributed by atoms with Crippen LogP contribution in [-0.4, -0.2) is 32.8 Å². The van der Waals surface area contributed by atoms with E-state index in [-0.39, 0.29) is 5.91 Å². The van der Waals surface area contributed by atoms with Crippen molar-refractivity contribution in [3.05, 3.63) is 48.0 Å². The van der Waals surface area contributed by atoms with Crippen molar-refractivity contribution in [2.75, 3.05) is 26.6 Å². The number of carbonyl (C=O) groups is 1. The molecular weight excluding hydrogens is 368 g/mol. The summed E-state index contributed by atoms with van der Waals surface area (Å²) in [6, 6.07) is 13.4. The lowest BCUT2D eigenvalue weighted by Crippen LogP contribution is -2.53. The van der Waals surface area contributed by atoms with E-state index < -0.39 is 5.54 Å². The minimum absolute atomic E-state index is 0.0230. The summed E-state index contributed by atoms with van der Waals surface area (Å²) in [6.07, 6.45) is 4.85. The SMILES string of the molecule is COc1ccc(NC2(C(=O)NCc3cc(OC)cc(OC)c3)CCCCC2)cc1. The molecule has 1 fully saturated rings. The van der Waals surface area contributed by atoms with Gasteiger partial charge in [0.25, 0.3) is 0 Å². The first-order chi connectivity index (χ1) is 14.1. The molecule has 6 heteroatoms. The lowest BCUT2D eigenvalue weighted by molar-refractivity contribution is -0.126. The summed E-state index contributed by atoms with van der Waals surface area (Å²) in [7, 11) is 4.88. The Morgan fingerprint density at radius 3 is 2.00 bits per heavy atom. The highest BCUT2D eigenvalue weighted by Gasteiger charge is 2.39.